The first-order chi connectivity index (χ1) is 6.33. The summed E-state index contributed by atoms with van der Waals surface area (Å²) in [6, 6.07) is 9.02. The largest absolute Gasteiger partial charge is 0.426 e. The molecular weight excluding hydrogens is 252 g/mol. The SMILES string of the molecule is CCCO[PH](=O)Oc1ccccc1.[Zn]. The summed E-state index contributed by atoms with van der Waals surface area (Å²) in [5.74, 6) is 0.586. The van der Waals surface area contributed by atoms with Crippen molar-refractivity contribution in [2.24, 2.45) is 0 Å². The summed E-state index contributed by atoms with van der Waals surface area (Å²) < 4.78 is 21.1. The van der Waals surface area contributed by atoms with E-state index in [0.717, 1.165) is 6.42 Å². The van der Waals surface area contributed by atoms with Gasteiger partial charge in [0.15, 0.2) is 0 Å². The van der Waals surface area contributed by atoms with Gasteiger partial charge in [0, 0.05) is 19.5 Å². The fourth-order valence-corrected chi connectivity index (χ4v) is 1.56. The molecule has 3 nitrogen and oxygen atoms in total. The second-order valence-corrected chi connectivity index (χ2v) is 3.51. The van der Waals surface area contributed by atoms with Crippen molar-refractivity contribution in [3.8, 4) is 5.75 Å². The van der Waals surface area contributed by atoms with E-state index in [0.29, 0.717) is 12.4 Å². The van der Waals surface area contributed by atoms with Gasteiger partial charge in [-0.1, -0.05) is 25.1 Å². The summed E-state index contributed by atoms with van der Waals surface area (Å²) in [5.41, 5.74) is 0. The molecule has 0 saturated carbocycles. The Morgan fingerprint density at radius 3 is 2.50 bits per heavy atom. The third-order valence-electron chi connectivity index (χ3n) is 1.37. The molecule has 0 aromatic heterocycles. The molecule has 0 aliphatic carbocycles. The summed E-state index contributed by atoms with van der Waals surface area (Å²) in [6.07, 6.45) is 0.842. The fourth-order valence-electron chi connectivity index (χ4n) is 0.800. The molecule has 0 heterocycles. The summed E-state index contributed by atoms with van der Waals surface area (Å²) in [4.78, 5) is 0. The van der Waals surface area contributed by atoms with E-state index < -0.39 is 8.25 Å². The first kappa shape index (κ1) is 13.8. The van der Waals surface area contributed by atoms with Gasteiger partial charge < -0.3 is 9.05 Å². The minimum Gasteiger partial charge on any atom is -0.426 e. The molecule has 14 heavy (non-hydrogen) atoms. The van der Waals surface area contributed by atoms with Gasteiger partial charge in [0.2, 0.25) is 0 Å². The van der Waals surface area contributed by atoms with Gasteiger partial charge in [0.25, 0.3) is 0 Å². The van der Waals surface area contributed by atoms with Gasteiger partial charge in [-0.05, 0) is 18.6 Å². The molecule has 0 saturated heterocycles. The van der Waals surface area contributed by atoms with E-state index in [-0.39, 0.29) is 19.5 Å². The van der Waals surface area contributed by atoms with E-state index in [4.69, 9.17) is 9.05 Å². The zero-order valence-electron chi connectivity index (χ0n) is 8.23. The van der Waals surface area contributed by atoms with Crippen molar-refractivity contribution in [1.29, 1.82) is 0 Å². The van der Waals surface area contributed by atoms with Crippen LogP contribution in [0.2, 0.25) is 0 Å². The first-order valence-corrected chi connectivity index (χ1v) is 5.45. The molecule has 0 spiro atoms. The average molecular weight is 266 g/mol. The molecule has 0 aliphatic rings. The van der Waals surface area contributed by atoms with E-state index in [1.807, 2.05) is 25.1 Å². The minimum atomic E-state index is -2.35. The second kappa shape index (κ2) is 8.17. The smallest absolute Gasteiger partial charge is 0.367 e. The van der Waals surface area contributed by atoms with Crippen LogP contribution in [0.3, 0.4) is 0 Å². The Labute approximate surface area is 97.5 Å². The van der Waals surface area contributed by atoms with E-state index in [9.17, 15) is 4.57 Å². The molecule has 0 radical (unpaired) electrons. The van der Waals surface area contributed by atoms with E-state index in [2.05, 4.69) is 0 Å². The molecule has 0 bridgehead atoms. The first-order valence-electron chi connectivity index (χ1n) is 4.22. The number of para-hydroxylation sites is 1. The molecule has 1 atom stereocenters. The normalized spacial score (nSPS) is 11.5. The number of benzene rings is 1. The Kier molecular flexibility index (Phi) is 8.07. The zero-order valence-corrected chi connectivity index (χ0v) is 12.2. The Morgan fingerprint density at radius 1 is 1.29 bits per heavy atom. The number of hydrogen-bond acceptors (Lipinski definition) is 3. The van der Waals surface area contributed by atoms with Crippen LogP contribution in [-0.2, 0) is 28.6 Å². The predicted molar refractivity (Wildman–Crippen MR) is 52.3 cm³/mol. The molecule has 1 aromatic rings. The topological polar surface area (TPSA) is 35.5 Å². The standard InChI is InChI=1S/C9H13O3P.Zn/c1-2-8-11-13(10)12-9-6-4-3-5-7-9;/h3-7,13H,2,8H2,1H3;. The van der Waals surface area contributed by atoms with Crippen molar-refractivity contribution in [1.82, 2.24) is 0 Å². The Hall–Kier alpha value is -0.167. The van der Waals surface area contributed by atoms with Crippen molar-refractivity contribution in [2.75, 3.05) is 6.61 Å². The quantitative estimate of drug-likeness (QED) is 0.607. The Balaban J connectivity index is 0.00000169. The van der Waals surface area contributed by atoms with Crippen LogP contribution in [-0.4, -0.2) is 6.61 Å². The zero-order chi connectivity index (χ0) is 9.52. The molecule has 1 rings (SSSR count). The molecule has 0 fully saturated rings. The van der Waals surface area contributed by atoms with Crippen LogP contribution in [0.5, 0.6) is 5.75 Å². The summed E-state index contributed by atoms with van der Waals surface area (Å²) >= 11 is 0. The van der Waals surface area contributed by atoms with Crippen molar-refractivity contribution < 1.29 is 33.1 Å². The monoisotopic (exact) mass is 264 g/mol. The maximum Gasteiger partial charge on any atom is 0.367 e. The molecular formula is C9H13O3PZn. The Bertz CT molecular complexity index is 266. The van der Waals surface area contributed by atoms with Crippen LogP contribution in [0.15, 0.2) is 30.3 Å². The van der Waals surface area contributed by atoms with Gasteiger partial charge in [-0.15, -0.1) is 0 Å². The second-order valence-electron chi connectivity index (χ2n) is 2.51. The molecule has 74 valence electrons. The third kappa shape index (κ3) is 5.54. The van der Waals surface area contributed by atoms with Gasteiger partial charge in [-0.25, -0.2) is 4.57 Å². The maximum atomic E-state index is 11.1. The van der Waals surface area contributed by atoms with Crippen LogP contribution >= 0.6 is 8.25 Å². The van der Waals surface area contributed by atoms with Gasteiger partial charge in [-0.3, -0.25) is 0 Å². The van der Waals surface area contributed by atoms with Crippen LogP contribution in [0, 0.1) is 0 Å². The van der Waals surface area contributed by atoms with Crippen molar-refractivity contribution in [3.63, 3.8) is 0 Å². The molecule has 1 unspecified atom stereocenters. The number of rotatable bonds is 5. The van der Waals surface area contributed by atoms with Crippen LogP contribution in [0.4, 0.5) is 0 Å². The van der Waals surface area contributed by atoms with Crippen LogP contribution in [0.1, 0.15) is 13.3 Å². The maximum absolute atomic E-state index is 11.1. The van der Waals surface area contributed by atoms with Gasteiger partial charge >= 0.3 is 8.25 Å². The number of hydrogen-bond donors (Lipinski definition) is 0. The van der Waals surface area contributed by atoms with Crippen molar-refractivity contribution >= 4 is 8.25 Å². The average Bonchev–Trinajstić information content (AvgIpc) is 2.16. The van der Waals surface area contributed by atoms with E-state index >= 15 is 0 Å². The van der Waals surface area contributed by atoms with Crippen molar-refractivity contribution in [2.45, 2.75) is 13.3 Å². The van der Waals surface area contributed by atoms with Gasteiger partial charge in [0.1, 0.15) is 5.75 Å². The molecule has 0 amide bonds. The van der Waals surface area contributed by atoms with E-state index in [1.165, 1.54) is 0 Å². The Morgan fingerprint density at radius 2 is 1.93 bits per heavy atom. The fraction of sp³-hybridized carbons (Fsp3) is 0.333. The van der Waals surface area contributed by atoms with E-state index in [1.54, 1.807) is 12.1 Å². The summed E-state index contributed by atoms with van der Waals surface area (Å²) in [6.45, 7) is 2.43. The molecule has 1 aromatic carbocycles. The minimum absolute atomic E-state index is 0. The van der Waals surface area contributed by atoms with Crippen LogP contribution < -0.4 is 4.52 Å². The third-order valence-corrected chi connectivity index (χ3v) is 2.21. The summed E-state index contributed by atoms with van der Waals surface area (Å²) in [7, 11) is -2.35. The molecule has 0 N–H and O–H groups in total. The van der Waals surface area contributed by atoms with Gasteiger partial charge in [0.05, 0.1) is 6.61 Å². The molecule has 0 aliphatic heterocycles. The van der Waals surface area contributed by atoms with Crippen molar-refractivity contribution in [3.05, 3.63) is 30.3 Å². The predicted octanol–water partition coefficient (Wildman–Crippen LogP) is 2.88. The summed E-state index contributed by atoms with van der Waals surface area (Å²) in [5, 5.41) is 0. The molecule has 5 heteroatoms. The van der Waals surface area contributed by atoms with Gasteiger partial charge in [-0.2, -0.15) is 0 Å². The van der Waals surface area contributed by atoms with Crippen LogP contribution in [0.25, 0.3) is 0 Å².